The summed E-state index contributed by atoms with van der Waals surface area (Å²) in [6.07, 6.45) is 3.77. The number of aliphatic imine (C=N–C) groups is 1. The molecular weight excluding hydrogens is 306 g/mol. The molecule has 1 fully saturated rings. The summed E-state index contributed by atoms with van der Waals surface area (Å²) in [5.41, 5.74) is 0.998. The minimum absolute atomic E-state index is 0.796. The van der Waals surface area contributed by atoms with Gasteiger partial charge in [-0.15, -0.1) is 0 Å². The van der Waals surface area contributed by atoms with Crippen molar-refractivity contribution in [2.75, 3.05) is 52.5 Å². The molecule has 0 atom stereocenters. The lowest BCUT2D eigenvalue weighted by Crippen LogP contribution is -2.52. The third-order valence-corrected chi connectivity index (χ3v) is 4.05. The molecule has 1 aromatic rings. The Balaban J connectivity index is 1.73. The number of piperazine rings is 1. The van der Waals surface area contributed by atoms with Gasteiger partial charge < -0.3 is 19.5 Å². The second-order valence-corrected chi connectivity index (χ2v) is 5.89. The molecule has 24 heavy (non-hydrogen) atoms. The minimum atomic E-state index is 0.796. The Morgan fingerprint density at radius 3 is 2.79 bits per heavy atom. The maximum atomic E-state index is 5.37. The smallest absolute Gasteiger partial charge is 0.194 e. The van der Waals surface area contributed by atoms with Gasteiger partial charge in [0.2, 0.25) is 0 Å². The quantitative estimate of drug-likeness (QED) is 0.419. The third kappa shape index (κ3) is 6.49. The van der Waals surface area contributed by atoms with Crippen LogP contribution in [-0.4, -0.2) is 73.4 Å². The predicted molar refractivity (Wildman–Crippen MR) is 95.1 cm³/mol. The van der Waals surface area contributed by atoms with Crippen molar-refractivity contribution in [1.82, 2.24) is 20.3 Å². The van der Waals surface area contributed by atoms with Crippen LogP contribution in [0.1, 0.15) is 32.4 Å². The molecular formula is C17H31N5O2. The largest absolute Gasteiger partial charge is 0.382 e. The summed E-state index contributed by atoms with van der Waals surface area (Å²) in [6.45, 7) is 12.4. The maximum Gasteiger partial charge on any atom is 0.194 e. The molecule has 1 N–H and O–H groups in total. The fourth-order valence-electron chi connectivity index (χ4n) is 2.74. The number of rotatable bonds is 9. The highest BCUT2D eigenvalue weighted by Gasteiger charge is 2.20. The van der Waals surface area contributed by atoms with E-state index in [1.807, 2.05) is 13.0 Å². The Labute approximate surface area is 145 Å². The van der Waals surface area contributed by atoms with E-state index in [4.69, 9.17) is 14.3 Å². The summed E-state index contributed by atoms with van der Waals surface area (Å²) >= 11 is 0. The molecule has 0 spiro atoms. The number of hydrogen-bond donors (Lipinski definition) is 1. The zero-order chi connectivity index (χ0) is 17.0. The normalized spacial score (nSPS) is 16.6. The van der Waals surface area contributed by atoms with Crippen LogP contribution in [0.3, 0.4) is 0 Å². The Bertz CT molecular complexity index is 456. The van der Waals surface area contributed by atoms with Gasteiger partial charge in [0.05, 0.1) is 5.69 Å². The molecule has 2 rings (SSSR count). The average Bonchev–Trinajstić information content (AvgIpc) is 3.11. The van der Waals surface area contributed by atoms with E-state index in [0.717, 1.165) is 83.5 Å². The molecule has 0 unspecified atom stereocenters. The summed E-state index contributed by atoms with van der Waals surface area (Å²) in [5.74, 6) is 1.04. The summed E-state index contributed by atoms with van der Waals surface area (Å²) < 4.78 is 10.3. The van der Waals surface area contributed by atoms with E-state index in [-0.39, 0.29) is 0 Å². The van der Waals surface area contributed by atoms with Crippen LogP contribution in [0.25, 0.3) is 0 Å². The zero-order valence-electron chi connectivity index (χ0n) is 15.0. The van der Waals surface area contributed by atoms with E-state index < -0.39 is 0 Å². The number of unbranched alkanes of at least 4 members (excludes halogenated alkanes) is 1. The van der Waals surface area contributed by atoms with Crippen LogP contribution >= 0.6 is 0 Å². The predicted octanol–water partition coefficient (Wildman–Crippen LogP) is 1.57. The molecule has 1 aromatic heterocycles. The van der Waals surface area contributed by atoms with Gasteiger partial charge in [-0.25, -0.2) is 0 Å². The molecule has 0 aliphatic carbocycles. The number of guanidine groups is 1. The molecule has 0 saturated carbocycles. The van der Waals surface area contributed by atoms with Crippen molar-refractivity contribution in [3.8, 4) is 0 Å². The van der Waals surface area contributed by atoms with E-state index in [1.165, 1.54) is 0 Å². The van der Waals surface area contributed by atoms with Gasteiger partial charge in [0.1, 0.15) is 6.26 Å². The summed E-state index contributed by atoms with van der Waals surface area (Å²) in [4.78, 5) is 9.52. The first-order chi connectivity index (χ1) is 11.8. The Hall–Kier alpha value is -1.60. The molecule has 1 aliphatic heterocycles. The second kappa shape index (κ2) is 11.0. The van der Waals surface area contributed by atoms with Crippen molar-refractivity contribution in [2.24, 2.45) is 4.99 Å². The molecule has 7 nitrogen and oxygen atoms in total. The fraction of sp³-hybridized carbons (Fsp3) is 0.765. The molecule has 7 heteroatoms. The van der Waals surface area contributed by atoms with E-state index >= 15 is 0 Å². The van der Waals surface area contributed by atoms with Crippen LogP contribution in [0.4, 0.5) is 0 Å². The van der Waals surface area contributed by atoms with E-state index in [2.05, 4.69) is 27.2 Å². The maximum absolute atomic E-state index is 5.37. The monoisotopic (exact) mass is 337 g/mol. The number of hydrogen-bond acceptors (Lipinski definition) is 5. The van der Waals surface area contributed by atoms with Crippen LogP contribution < -0.4 is 5.32 Å². The SMILES string of the molecule is CCNC(=NCCCCOCC)N1CCN(Cc2ccon2)CC1. The molecule has 1 saturated heterocycles. The van der Waals surface area contributed by atoms with Gasteiger partial charge in [0.25, 0.3) is 0 Å². The second-order valence-electron chi connectivity index (χ2n) is 5.89. The lowest BCUT2D eigenvalue weighted by molar-refractivity contribution is 0.144. The summed E-state index contributed by atoms with van der Waals surface area (Å²) in [5, 5.41) is 7.40. The standard InChI is InChI=1S/C17H31N5O2/c1-3-18-17(19-8-5-6-13-23-4-2)22-11-9-21(10-12-22)15-16-7-14-24-20-16/h7,14H,3-6,8-13,15H2,1-2H3,(H,18,19). The van der Waals surface area contributed by atoms with Crippen LogP contribution in [0, 0.1) is 0 Å². The van der Waals surface area contributed by atoms with E-state index in [0.29, 0.717) is 0 Å². The average molecular weight is 337 g/mol. The van der Waals surface area contributed by atoms with Crippen molar-refractivity contribution in [3.63, 3.8) is 0 Å². The van der Waals surface area contributed by atoms with Gasteiger partial charge in [-0.3, -0.25) is 9.89 Å². The number of aromatic nitrogens is 1. The lowest BCUT2D eigenvalue weighted by Gasteiger charge is -2.36. The van der Waals surface area contributed by atoms with Crippen LogP contribution in [0.5, 0.6) is 0 Å². The van der Waals surface area contributed by atoms with Crippen LogP contribution in [0.2, 0.25) is 0 Å². The Kier molecular flexibility index (Phi) is 8.62. The first-order valence-corrected chi connectivity index (χ1v) is 9.06. The van der Waals surface area contributed by atoms with Gasteiger partial charge in [-0.2, -0.15) is 0 Å². The van der Waals surface area contributed by atoms with Crippen molar-refractivity contribution >= 4 is 5.96 Å². The minimum Gasteiger partial charge on any atom is -0.382 e. The number of nitrogens with zero attached hydrogens (tertiary/aromatic N) is 4. The topological polar surface area (TPSA) is 66.1 Å². The summed E-state index contributed by atoms with van der Waals surface area (Å²) in [7, 11) is 0. The van der Waals surface area contributed by atoms with Crippen molar-refractivity contribution in [2.45, 2.75) is 33.2 Å². The van der Waals surface area contributed by atoms with Gasteiger partial charge >= 0.3 is 0 Å². The van der Waals surface area contributed by atoms with Gasteiger partial charge in [0.15, 0.2) is 5.96 Å². The number of ether oxygens (including phenoxy) is 1. The highest BCUT2D eigenvalue weighted by Crippen LogP contribution is 2.07. The molecule has 0 amide bonds. The van der Waals surface area contributed by atoms with Crippen LogP contribution in [-0.2, 0) is 11.3 Å². The van der Waals surface area contributed by atoms with Gasteiger partial charge in [-0.1, -0.05) is 5.16 Å². The number of nitrogens with one attached hydrogen (secondary N) is 1. The molecule has 0 bridgehead atoms. The van der Waals surface area contributed by atoms with Crippen LogP contribution in [0.15, 0.2) is 21.8 Å². The zero-order valence-corrected chi connectivity index (χ0v) is 15.0. The highest BCUT2D eigenvalue weighted by molar-refractivity contribution is 5.80. The van der Waals surface area contributed by atoms with Gasteiger partial charge in [-0.05, 0) is 26.7 Å². The van der Waals surface area contributed by atoms with Gasteiger partial charge in [0, 0.05) is 65.1 Å². The Morgan fingerprint density at radius 1 is 1.29 bits per heavy atom. The molecule has 136 valence electrons. The summed E-state index contributed by atoms with van der Waals surface area (Å²) in [6, 6.07) is 1.93. The fourth-order valence-corrected chi connectivity index (χ4v) is 2.74. The third-order valence-electron chi connectivity index (χ3n) is 4.05. The molecule has 0 radical (unpaired) electrons. The van der Waals surface area contributed by atoms with E-state index in [1.54, 1.807) is 6.26 Å². The van der Waals surface area contributed by atoms with Crippen molar-refractivity contribution < 1.29 is 9.26 Å². The van der Waals surface area contributed by atoms with Crippen molar-refractivity contribution in [1.29, 1.82) is 0 Å². The first kappa shape index (κ1) is 18.7. The van der Waals surface area contributed by atoms with E-state index in [9.17, 15) is 0 Å². The highest BCUT2D eigenvalue weighted by atomic mass is 16.5. The first-order valence-electron chi connectivity index (χ1n) is 9.06. The lowest BCUT2D eigenvalue weighted by atomic mass is 10.3. The molecule has 0 aromatic carbocycles. The van der Waals surface area contributed by atoms with Crippen molar-refractivity contribution in [3.05, 3.63) is 18.0 Å². The Morgan fingerprint density at radius 2 is 2.12 bits per heavy atom. The molecule has 2 heterocycles. The molecule has 1 aliphatic rings.